The van der Waals surface area contributed by atoms with Gasteiger partial charge in [0, 0.05) is 33.3 Å². The summed E-state index contributed by atoms with van der Waals surface area (Å²) in [6.07, 6.45) is 5.43. The summed E-state index contributed by atoms with van der Waals surface area (Å²) in [5, 5.41) is 7.37. The van der Waals surface area contributed by atoms with Crippen molar-refractivity contribution in [1.82, 2.24) is 5.32 Å². The summed E-state index contributed by atoms with van der Waals surface area (Å²) in [5.74, 6) is 0.264. The molecule has 1 unspecified atom stereocenters. The summed E-state index contributed by atoms with van der Waals surface area (Å²) in [4.78, 5) is 11.9. The summed E-state index contributed by atoms with van der Waals surface area (Å²) in [6, 6.07) is 0.551. The summed E-state index contributed by atoms with van der Waals surface area (Å²) < 4.78 is 0.944. The highest BCUT2D eigenvalue weighted by Crippen LogP contribution is 2.23. The lowest BCUT2D eigenvalue weighted by Gasteiger charge is -2.22. The first-order valence-electron chi connectivity index (χ1n) is 5.75. The highest BCUT2D eigenvalue weighted by atomic mass is 79.9. The Balaban J connectivity index is 1.81. The summed E-state index contributed by atoms with van der Waals surface area (Å²) in [7, 11) is 0. The molecule has 16 heavy (non-hydrogen) atoms. The fourth-order valence-electron chi connectivity index (χ4n) is 2.09. The van der Waals surface area contributed by atoms with Crippen molar-refractivity contribution in [2.75, 3.05) is 6.54 Å². The second kappa shape index (κ2) is 5.94. The average Bonchev–Trinajstić information content (AvgIpc) is 2.74. The van der Waals surface area contributed by atoms with Gasteiger partial charge in [-0.3, -0.25) is 4.79 Å². The smallest absolute Gasteiger partial charge is 0.164 e. The van der Waals surface area contributed by atoms with Crippen LogP contribution in [0, 0.1) is 0 Å². The van der Waals surface area contributed by atoms with E-state index in [1.54, 1.807) is 11.3 Å². The molecule has 0 saturated carbocycles. The first kappa shape index (κ1) is 12.3. The topological polar surface area (TPSA) is 29.1 Å². The number of nitrogens with one attached hydrogen (secondary N) is 1. The van der Waals surface area contributed by atoms with Crippen molar-refractivity contribution >= 4 is 33.0 Å². The van der Waals surface area contributed by atoms with E-state index in [9.17, 15) is 4.79 Å². The molecule has 2 nitrogen and oxygen atoms in total. The normalized spacial score (nSPS) is 20.9. The van der Waals surface area contributed by atoms with E-state index in [2.05, 4.69) is 21.2 Å². The number of carbonyl (C=O) groups is 1. The van der Waals surface area contributed by atoms with E-state index >= 15 is 0 Å². The summed E-state index contributed by atoms with van der Waals surface area (Å²) >= 11 is 4.98. The third kappa shape index (κ3) is 3.15. The zero-order valence-corrected chi connectivity index (χ0v) is 11.6. The molecule has 0 aromatic carbocycles. The van der Waals surface area contributed by atoms with E-state index in [1.807, 2.05) is 10.8 Å². The van der Waals surface area contributed by atoms with Crippen molar-refractivity contribution in [3.8, 4) is 0 Å². The molecule has 1 aliphatic rings. The zero-order chi connectivity index (χ0) is 11.4. The van der Waals surface area contributed by atoms with Crippen molar-refractivity contribution in [2.24, 2.45) is 0 Å². The number of hydrogen-bond acceptors (Lipinski definition) is 3. The molecule has 88 valence electrons. The lowest BCUT2D eigenvalue weighted by Crippen LogP contribution is -2.34. The molecule has 1 aromatic heterocycles. The van der Waals surface area contributed by atoms with Crippen molar-refractivity contribution in [1.29, 1.82) is 0 Å². The standard InChI is InChI=1S/C12H16BrNOS/c13-11-8-16-7-10(11)12(15)5-4-9-3-1-2-6-14-9/h7-9,14H,1-6H2. The minimum atomic E-state index is 0.264. The van der Waals surface area contributed by atoms with Crippen molar-refractivity contribution in [3.63, 3.8) is 0 Å². The van der Waals surface area contributed by atoms with Gasteiger partial charge in [-0.05, 0) is 41.7 Å². The molecule has 2 rings (SSSR count). The molecule has 1 aliphatic heterocycles. The Hall–Kier alpha value is -0.190. The Morgan fingerprint density at radius 1 is 1.50 bits per heavy atom. The number of rotatable bonds is 4. The molecule has 0 bridgehead atoms. The largest absolute Gasteiger partial charge is 0.314 e. The Bertz CT molecular complexity index is 358. The molecule has 1 atom stereocenters. The fourth-order valence-corrected chi connectivity index (χ4v) is 3.61. The average molecular weight is 302 g/mol. The molecule has 0 radical (unpaired) electrons. The van der Waals surface area contributed by atoms with E-state index in [4.69, 9.17) is 0 Å². The van der Waals surface area contributed by atoms with Gasteiger partial charge in [0.25, 0.3) is 0 Å². The van der Waals surface area contributed by atoms with Crippen molar-refractivity contribution < 1.29 is 4.79 Å². The van der Waals surface area contributed by atoms with E-state index in [0.717, 1.165) is 23.0 Å². The molecular formula is C12H16BrNOS. The second-order valence-electron chi connectivity index (χ2n) is 4.24. The molecule has 0 amide bonds. The van der Waals surface area contributed by atoms with E-state index in [-0.39, 0.29) is 5.78 Å². The summed E-state index contributed by atoms with van der Waals surface area (Å²) in [5.41, 5.74) is 0.848. The molecule has 4 heteroatoms. The maximum Gasteiger partial charge on any atom is 0.164 e. The van der Waals surface area contributed by atoms with Gasteiger partial charge in [-0.2, -0.15) is 11.3 Å². The molecule has 1 aromatic rings. The third-order valence-electron chi connectivity index (χ3n) is 3.05. The minimum absolute atomic E-state index is 0.264. The molecule has 0 spiro atoms. The Kier molecular flexibility index (Phi) is 4.55. The van der Waals surface area contributed by atoms with E-state index in [0.29, 0.717) is 12.5 Å². The number of carbonyl (C=O) groups excluding carboxylic acids is 1. The molecule has 1 fully saturated rings. The zero-order valence-electron chi connectivity index (χ0n) is 9.17. The van der Waals surface area contributed by atoms with Crippen LogP contribution in [0.2, 0.25) is 0 Å². The van der Waals surface area contributed by atoms with E-state index in [1.165, 1.54) is 19.3 Å². The Morgan fingerprint density at radius 3 is 3.00 bits per heavy atom. The van der Waals surface area contributed by atoms with Gasteiger partial charge in [-0.25, -0.2) is 0 Å². The molecular weight excluding hydrogens is 286 g/mol. The van der Waals surface area contributed by atoms with Crippen LogP contribution in [0.15, 0.2) is 15.2 Å². The van der Waals surface area contributed by atoms with Gasteiger partial charge in [0.2, 0.25) is 0 Å². The molecule has 0 aliphatic carbocycles. The van der Waals surface area contributed by atoms with Gasteiger partial charge in [-0.1, -0.05) is 6.42 Å². The number of thiophene rings is 1. The van der Waals surface area contributed by atoms with Gasteiger partial charge < -0.3 is 5.32 Å². The number of ketones is 1. The fraction of sp³-hybridized carbons (Fsp3) is 0.583. The van der Waals surface area contributed by atoms with Crippen LogP contribution in [-0.2, 0) is 0 Å². The second-order valence-corrected chi connectivity index (χ2v) is 5.84. The van der Waals surface area contributed by atoms with Gasteiger partial charge in [0.1, 0.15) is 0 Å². The third-order valence-corrected chi connectivity index (χ3v) is 4.75. The highest BCUT2D eigenvalue weighted by Gasteiger charge is 2.16. The maximum absolute atomic E-state index is 11.9. The maximum atomic E-state index is 11.9. The highest BCUT2D eigenvalue weighted by molar-refractivity contribution is 9.10. The number of piperidine rings is 1. The molecule has 1 N–H and O–H groups in total. The lowest BCUT2D eigenvalue weighted by molar-refractivity contribution is 0.0974. The van der Waals surface area contributed by atoms with Crippen LogP contribution < -0.4 is 5.32 Å². The lowest BCUT2D eigenvalue weighted by atomic mass is 9.98. The van der Waals surface area contributed by atoms with Crippen LogP contribution in [0.4, 0.5) is 0 Å². The number of halogens is 1. The minimum Gasteiger partial charge on any atom is -0.314 e. The van der Waals surface area contributed by atoms with Crippen LogP contribution in [-0.4, -0.2) is 18.4 Å². The SMILES string of the molecule is O=C(CCC1CCCCN1)c1cscc1Br. The Morgan fingerprint density at radius 2 is 2.38 bits per heavy atom. The van der Waals surface area contributed by atoms with Crippen molar-refractivity contribution in [2.45, 2.75) is 38.1 Å². The van der Waals surface area contributed by atoms with Gasteiger partial charge >= 0.3 is 0 Å². The van der Waals surface area contributed by atoms with Crippen LogP contribution in [0.5, 0.6) is 0 Å². The van der Waals surface area contributed by atoms with E-state index < -0.39 is 0 Å². The van der Waals surface area contributed by atoms with Crippen LogP contribution in [0.1, 0.15) is 42.5 Å². The van der Waals surface area contributed by atoms with Gasteiger partial charge in [0.15, 0.2) is 5.78 Å². The molecule has 1 saturated heterocycles. The first-order chi connectivity index (χ1) is 7.77. The number of Topliss-reactive ketones (excluding diaryl/α,β-unsaturated/α-hetero) is 1. The summed E-state index contributed by atoms with van der Waals surface area (Å²) in [6.45, 7) is 1.11. The van der Waals surface area contributed by atoms with Gasteiger partial charge in [-0.15, -0.1) is 0 Å². The first-order valence-corrected chi connectivity index (χ1v) is 7.49. The van der Waals surface area contributed by atoms with Crippen LogP contribution >= 0.6 is 27.3 Å². The van der Waals surface area contributed by atoms with Crippen LogP contribution in [0.25, 0.3) is 0 Å². The molecule has 2 heterocycles. The Labute approximate surface area is 109 Å². The van der Waals surface area contributed by atoms with Gasteiger partial charge in [0.05, 0.1) is 0 Å². The van der Waals surface area contributed by atoms with Crippen molar-refractivity contribution in [3.05, 3.63) is 20.8 Å². The van der Waals surface area contributed by atoms with Crippen LogP contribution in [0.3, 0.4) is 0 Å². The number of hydrogen-bond donors (Lipinski definition) is 1. The predicted octanol–water partition coefficient (Wildman–Crippen LogP) is 3.62. The quantitative estimate of drug-likeness (QED) is 0.861. The monoisotopic (exact) mass is 301 g/mol. The predicted molar refractivity (Wildman–Crippen MR) is 71.2 cm³/mol.